The van der Waals surface area contributed by atoms with E-state index in [1.165, 1.54) is 13.2 Å². The van der Waals surface area contributed by atoms with Gasteiger partial charge in [-0.1, -0.05) is 29.8 Å². The van der Waals surface area contributed by atoms with Crippen LogP contribution in [0, 0.1) is 5.82 Å². The Morgan fingerprint density at radius 3 is 2.71 bits per heavy atom. The highest BCUT2D eigenvalue weighted by Crippen LogP contribution is 2.25. The molecule has 208 valence electrons. The number of halogens is 2. The van der Waals surface area contributed by atoms with Crippen molar-refractivity contribution in [3.8, 4) is 17.3 Å². The van der Waals surface area contributed by atoms with Crippen molar-refractivity contribution >= 4 is 28.6 Å². The van der Waals surface area contributed by atoms with Crippen LogP contribution in [0.3, 0.4) is 0 Å². The summed E-state index contributed by atoms with van der Waals surface area (Å²) in [4.78, 5) is 26.2. The summed E-state index contributed by atoms with van der Waals surface area (Å²) in [5, 5.41) is 0.332. The average Bonchev–Trinajstić information content (AvgIpc) is 3.30. The van der Waals surface area contributed by atoms with Crippen LogP contribution in [0.4, 0.5) is 4.39 Å². The zero-order valence-electron chi connectivity index (χ0n) is 22.2. The number of fused-ring (bicyclic) bond motifs is 1. The lowest BCUT2D eigenvalue weighted by molar-refractivity contribution is -0.0589. The lowest BCUT2D eigenvalue weighted by atomic mass is 10.1. The molecule has 0 amide bonds. The molecule has 8 nitrogen and oxygen atoms in total. The number of aromatic nitrogens is 4. The first-order valence-electron chi connectivity index (χ1n) is 13.1. The maximum atomic E-state index is 14.1. The number of benzene rings is 2. The smallest absolute Gasteiger partial charge is 0.337 e. The molecular weight excluding hydrogens is 547 g/mol. The van der Waals surface area contributed by atoms with E-state index in [2.05, 4.69) is 14.5 Å². The topological polar surface area (TPSA) is 88.4 Å². The van der Waals surface area contributed by atoms with Gasteiger partial charge in [-0.3, -0.25) is 4.98 Å². The van der Waals surface area contributed by atoms with Gasteiger partial charge in [0.1, 0.15) is 18.2 Å². The number of imidazole rings is 1. The first-order valence-corrected chi connectivity index (χ1v) is 13.5. The molecule has 0 spiro atoms. The molecule has 0 radical (unpaired) electrons. The van der Waals surface area contributed by atoms with Gasteiger partial charge in [0, 0.05) is 35.9 Å². The van der Waals surface area contributed by atoms with Gasteiger partial charge in [-0.05, 0) is 54.4 Å². The molecule has 0 bridgehead atoms. The number of esters is 1. The van der Waals surface area contributed by atoms with Gasteiger partial charge in [0.2, 0.25) is 5.88 Å². The quantitative estimate of drug-likeness (QED) is 0.199. The molecule has 0 unspecified atom stereocenters. The van der Waals surface area contributed by atoms with Gasteiger partial charge in [-0.25, -0.2) is 19.2 Å². The Labute approximate surface area is 240 Å². The monoisotopic (exact) mass is 572 g/mol. The predicted molar refractivity (Wildman–Crippen MR) is 151 cm³/mol. The van der Waals surface area contributed by atoms with Crippen molar-refractivity contribution in [1.82, 2.24) is 19.5 Å². The average molecular weight is 573 g/mol. The number of ether oxygens (including phenoxy) is 3. The molecule has 0 N–H and O–H groups in total. The minimum atomic E-state index is -0.427. The third kappa shape index (κ3) is 5.91. The van der Waals surface area contributed by atoms with Crippen molar-refractivity contribution in [2.24, 2.45) is 0 Å². The minimum Gasteiger partial charge on any atom is -0.473 e. The lowest BCUT2D eigenvalue weighted by Gasteiger charge is -2.27. The van der Waals surface area contributed by atoms with E-state index < -0.39 is 5.82 Å². The van der Waals surface area contributed by atoms with Crippen molar-refractivity contribution < 1.29 is 23.4 Å². The molecule has 4 heterocycles. The molecule has 10 heteroatoms. The highest BCUT2D eigenvalue weighted by atomic mass is 35.5. The Hall–Kier alpha value is -4.34. The van der Waals surface area contributed by atoms with Crippen LogP contribution in [0.2, 0.25) is 5.02 Å². The Balaban J connectivity index is 1.20. The molecule has 6 rings (SSSR count). The van der Waals surface area contributed by atoms with Crippen LogP contribution in [-0.2, 0) is 29.0 Å². The van der Waals surface area contributed by atoms with Gasteiger partial charge in [0.15, 0.2) is 0 Å². The summed E-state index contributed by atoms with van der Waals surface area (Å²) in [6.07, 6.45) is 3.45. The Bertz CT molecular complexity index is 1720. The van der Waals surface area contributed by atoms with Crippen molar-refractivity contribution in [3.63, 3.8) is 0 Å². The van der Waals surface area contributed by atoms with Crippen molar-refractivity contribution in [2.75, 3.05) is 13.7 Å². The number of hydrogen-bond donors (Lipinski definition) is 0. The van der Waals surface area contributed by atoms with E-state index in [-0.39, 0.29) is 18.7 Å². The minimum absolute atomic E-state index is 0.0276. The van der Waals surface area contributed by atoms with Gasteiger partial charge < -0.3 is 18.8 Å². The van der Waals surface area contributed by atoms with E-state index in [0.29, 0.717) is 46.4 Å². The maximum Gasteiger partial charge on any atom is 0.337 e. The second-order valence-corrected chi connectivity index (χ2v) is 10.2. The van der Waals surface area contributed by atoms with Crippen LogP contribution < -0.4 is 4.74 Å². The van der Waals surface area contributed by atoms with Gasteiger partial charge >= 0.3 is 5.97 Å². The van der Waals surface area contributed by atoms with E-state index in [9.17, 15) is 9.18 Å². The Morgan fingerprint density at radius 1 is 1.10 bits per heavy atom. The van der Waals surface area contributed by atoms with Crippen LogP contribution in [-0.4, -0.2) is 45.3 Å². The summed E-state index contributed by atoms with van der Waals surface area (Å²) in [6, 6.07) is 19.1. The van der Waals surface area contributed by atoms with Crippen LogP contribution in [0.5, 0.6) is 5.88 Å². The van der Waals surface area contributed by atoms with Crippen LogP contribution in [0.25, 0.3) is 22.4 Å². The van der Waals surface area contributed by atoms with E-state index >= 15 is 0 Å². The molecular formula is C31H26ClFN4O4. The van der Waals surface area contributed by atoms with Crippen molar-refractivity contribution in [1.29, 1.82) is 0 Å². The normalized spacial score (nSPS) is 14.6. The third-order valence-electron chi connectivity index (χ3n) is 6.99. The van der Waals surface area contributed by atoms with Gasteiger partial charge in [0.25, 0.3) is 0 Å². The molecule has 1 aliphatic heterocycles. The number of hydrogen-bond acceptors (Lipinski definition) is 7. The summed E-state index contributed by atoms with van der Waals surface area (Å²) in [5.41, 5.74) is 4.81. The van der Waals surface area contributed by atoms with Gasteiger partial charge in [-0.2, -0.15) is 0 Å². The van der Waals surface area contributed by atoms with Crippen molar-refractivity contribution in [2.45, 2.75) is 32.1 Å². The van der Waals surface area contributed by atoms with E-state index in [1.54, 1.807) is 30.5 Å². The standard InChI is InChI=1S/C31H26ClFN4O4/c1-39-31(38)20-7-10-27-28(14-20)37(17-23-11-12-40-23)29(35-27)13-19-5-9-25(34-16-19)26-3-2-4-30(36-26)41-18-21-6-8-22(32)15-24(21)33/h2-10,14-16,23H,11-13,17-18H2,1H3/t23-/m0/s1. The first-order chi connectivity index (χ1) is 20.0. The zero-order chi connectivity index (χ0) is 28.3. The van der Waals surface area contributed by atoms with Gasteiger partial charge in [0.05, 0.1) is 47.7 Å². The van der Waals surface area contributed by atoms with E-state index in [0.717, 1.165) is 35.4 Å². The summed E-state index contributed by atoms with van der Waals surface area (Å²) in [7, 11) is 1.37. The number of methoxy groups -OCH3 is 1. The number of nitrogens with zero attached hydrogens (tertiary/aromatic N) is 4. The SMILES string of the molecule is COC(=O)c1ccc2nc(Cc3ccc(-c4cccc(OCc5ccc(Cl)cc5F)n4)nc3)n(C[C@@H]3CCO3)c2c1. The third-order valence-corrected chi connectivity index (χ3v) is 7.23. The predicted octanol–water partition coefficient (Wildman–Crippen LogP) is 6.03. The molecule has 41 heavy (non-hydrogen) atoms. The lowest BCUT2D eigenvalue weighted by Crippen LogP contribution is -2.31. The summed E-state index contributed by atoms with van der Waals surface area (Å²) < 4.78 is 32.5. The Kier molecular flexibility index (Phi) is 7.63. The molecule has 0 saturated carbocycles. The van der Waals surface area contributed by atoms with Crippen LogP contribution in [0.1, 0.15) is 33.7 Å². The van der Waals surface area contributed by atoms with E-state index in [4.69, 9.17) is 30.8 Å². The molecule has 5 aromatic rings. The number of carbonyl (C=O) groups is 1. The second-order valence-electron chi connectivity index (χ2n) is 9.73. The van der Waals surface area contributed by atoms with E-state index in [1.807, 2.05) is 36.4 Å². The molecule has 3 aromatic heterocycles. The summed E-state index contributed by atoms with van der Waals surface area (Å²) in [5.74, 6) is 0.403. The highest BCUT2D eigenvalue weighted by Gasteiger charge is 2.23. The fourth-order valence-electron chi connectivity index (χ4n) is 4.68. The number of carbonyl (C=O) groups excluding carboxylic acids is 1. The van der Waals surface area contributed by atoms with Gasteiger partial charge in [-0.15, -0.1) is 0 Å². The summed E-state index contributed by atoms with van der Waals surface area (Å²) >= 11 is 5.83. The number of pyridine rings is 2. The van der Waals surface area contributed by atoms with Crippen LogP contribution >= 0.6 is 11.6 Å². The highest BCUT2D eigenvalue weighted by molar-refractivity contribution is 6.30. The first kappa shape index (κ1) is 26.9. The Morgan fingerprint density at radius 2 is 1.98 bits per heavy atom. The zero-order valence-corrected chi connectivity index (χ0v) is 23.0. The largest absolute Gasteiger partial charge is 0.473 e. The molecule has 1 saturated heterocycles. The van der Waals surface area contributed by atoms with Crippen molar-refractivity contribution in [3.05, 3.63) is 106 Å². The molecule has 0 aliphatic carbocycles. The van der Waals surface area contributed by atoms with Crippen LogP contribution in [0.15, 0.2) is 72.9 Å². The molecule has 2 aromatic carbocycles. The molecule has 1 atom stereocenters. The number of rotatable bonds is 9. The second kappa shape index (κ2) is 11.6. The molecule has 1 fully saturated rings. The fourth-order valence-corrected chi connectivity index (χ4v) is 4.84. The summed E-state index contributed by atoms with van der Waals surface area (Å²) in [6.45, 7) is 1.43. The maximum absolute atomic E-state index is 14.1. The molecule has 1 aliphatic rings. The fraction of sp³-hybridized carbons (Fsp3) is 0.226.